The van der Waals surface area contributed by atoms with Crippen LogP contribution in [0.3, 0.4) is 0 Å². The Labute approximate surface area is 272 Å². The van der Waals surface area contributed by atoms with E-state index in [1.165, 1.54) is 0 Å². The average molecular weight is 774 g/mol. The molecule has 0 saturated heterocycles. The number of benzene rings is 4. The third-order valence-electron chi connectivity index (χ3n) is 4.97. The van der Waals surface area contributed by atoms with Crippen LogP contribution >= 0.6 is 70.8 Å². The fourth-order valence-corrected chi connectivity index (χ4v) is 3.61. The van der Waals surface area contributed by atoms with Gasteiger partial charge in [-0.05, 0) is 107 Å². The maximum absolute atomic E-state index is 11.8. The molecule has 8 nitrogen and oxygen atoms in total. The number of amides is 2. The maximum Gasteiger partial charge on any atom is 0.339 e. The largest absolute Gasteiger partial charge is 0.416 e. The van der Waals surface area contributed by atoms with Gasteiger partial charge in [-0.25, -0.2) is 0 Å². The number of carbonyl (C=O) groups excluding carboxylic acids is 2. The van der Waals surface area contributed by atoms with Crippen molar-refractivity contribution in [1.29, 1.82) is 0 Å². The van der Waals surface area contributed by atoms with E-state index in [0.717, 1.165) is 20.1 Å². The summed E-state index contributed by atoms with van der Waals surface area (Å²) >= 11 is 20.5. The minimum atomic E-state index is -3.22. The fourth-order valence-electron chi connectivity index (χ4n) is 3.08. The van der Waals surface area contributed by atoms with Crippen LogP contribution in [-0.4, -0.2) is 22.0 Å². The van der Waals surface area contributed by atoms with Gasteiger partial charge in [0.2, 0.25) is 11.8 Å². The highest BCUT2D eigenvalue weighted by atomic mass is 79.9. The minimum Gasteiger partial charge on any atom is -0.416 e. The molecule has 42 heavy (non-hydrogen) atoms. The predicted octanol–water partition coefficient (Wildman–Crippen LogP) is 9.50. The third kappa shape index (κ3) is 12.1. The Kier molecular flexibility index (Phi) is 13.3. The Bertz CT molecular complexity index is 1630. The van der Waals surface area contributed by atoms with Crippen LogP contribution in [-0.2, 0) is 4.57 Å². The summed E-state index contributed by atoms with van der Waals surface area (Å²) in [5, 5.41) is 4.90. The summed E-state index contributed by atoms with van der Waals surface area (Å²) in [7, 11) is 0. The Morgan fingerprint density at radius 3 is 1.40 bits per heavy atom. The first-order valence-electron chi connectivity index (χ1n) is 11.7. The molecule has 0 aliphatic rings. The van der Waals surface area contributed by atoms with Gasteiger partial charge in [-0.2, -0.15) is 0 Å². The molecule has 0 aliphatic heterocycles. The first-order chi connectivity index (χ1) is 20.0. The molecule has 216 valence electrons. The molecule has 0 unspecified atom stereocenters. The first kappa shape index (κ1) is 33.5. The SMILES string of the molecule is Brc1ccc(-c2nnc(-c3ccccc3)o2)cc1.O=C(NNC(=O)c1ccc(Br)cc1)c1ccccc1.O=P(Cl)(Cl)Cl. The number of hydrogen-bond acceptors (Lipinski definition) is 6. The summed E-state index contributed by atoms with van der Waals surface area (Å²) in [6.45, 7) is 0. The zero-order valence-electron chi connectivity index (χ0n) is 21.3. The molecule has 14 heteroatoms. The van der Waals surface area contributed by atoms with E-state index in [4.69, 9.17) is 4.42 Å². The van der Waals surface area contributed by atoms with Crippen molar-refractivity contribution in [3.63, 3.8) is 0 Å². The number of hydrazine groups is 1. The van der Waals surface area contributed by atoms with E-state index < -0.39 is 5.20 Å². The minimum absolute atomic E-state index is 0.355. The number of hydrogen-bond donors (Lipinski definition) is 2. The van der Waals surface area contributed by atoms with Gasteiger partial charge in [0, 0.05) is 31.2 Å². The molecule has 0 atom stereocenters. The van der Waals surface area contributed by atoms with Gasteiger partial charge < -0.3 is 4.42 Å². The van der Waals surface area contributed by atoms with Gasteiger partial charge in [0.25, 0.3) is 11.8 Å². The Morgan fingerprint density at radius 2 is 0.952 bits per heavy atom. The molecule has 0 bridgehead atoms. The second-order valence-electron chi connectivity index (χ2n) is 7.97. The normalized spacial score (nSPS) is 10.3. The van der Waals surface area contributed by atoms with E-state index in [0.29, 0.717) is 22.9 Å². The number of carbonyl (C=O) groups is 2. The van der Waals surface area contributed by atoms with Crippen LogP contribution in [0.2, 0.25) is 0 Å². The lowest BCUT2D eigenvalue weighted by Crippen LogP contribution is -2.41. The van der Waals surface area contributed by atoms with Crippen molar-refractivity contribution in [1.82, 2.24) is 21.0 Å². The molecule has 0 aliphatic carbocycles. The van der Waals surface area contributed by atoms with Gasteiger partial charge in [0.1, 0.15) is 0 Å². The maximum atomic E-state index is 11.8. The van der Waals surface area contributed by atoms with Crippen LogP contribution in [0.1, 0.15) is 20.7 Å². The summed E-state index contributed by atoms with van der Waals surface area (Å²) in [6, 6.07) is 33.0. The molecule has 1 aromatic heterocycles. The molecule has 0 saturated carbocycles. The van der Waals surface area contributed by atoms with Crippen molar-refractivity contribution >= 4 is 82.6 Å². The van der Waals surface area contributed by atoms with E-state index in [2.05, 4.69) is 86.6 Å². The molecule has 1 heterocycles. The Morgan fingerprint density at radius 1 is 0.595 bits per heavy atom. The molecule has 4 aromatic carbocycles. The monoisotopic (exact) mass is 770 g/mol. The number of nitrogens with one attached hydrogen (secondary N) is 2. The summed E-state index contributed by atoms with van der Waals surface area (Å²) in [5.74, 6) is 0.345. The zero-order valence-corrected chi connectivity index (χ0v) is 27.6. The molecule has 2 amide bonds. The first-order valence-corrected chi connectivity index (χ1v) is 17.8. The lowest BCUT2D eigenvalue weighted by molar-refractivity contribution is 0.0846. The smallest absolute Gasteiger partial charge is 0.339 e. The van der Waals surface area contributed by atoms with Crippen molar-refractivity contribution in [2.24, 2.45) is 0 Å². The van der Waals surface area contributed by atoms with Crippen molar-refractivity contribution in [2.75, 3.05) is 0 Å². The van der Waals surface area contributed by atoms with Gasteiger partial charge in [0.15, 0.2) is 0 Å². The van der Waals surface area contributed by atoms with Crippen molar-refractivity contribution in [3.05, 3.63) is 129 Å². The molecular formula is C28H20Br2Cl3N4O4P. The van der Waals surface area contributed by atoms with E-state index >= 15 is 0 Å². The average Bonchev–Trinajstić information content (AvgIpc) is 3.47. The van der Waals surface area contributed by atoms with Crippen molar-refractivity contribution in [2.45, 2.75) is 0 Å². The van der Waals surface area contributed by atoms with Gasteiger partial charge in [-0.15, -0.1) is 10.2 Å². The number of aromatic nitrogens is 2. The molecule has 5 rings (SSSR count). The van der Waals surface area contributed by atoms with E-state index in [-0.39, 0.29) is 11.8 Å². The van der Waals surface area contributed by atoms with Crippen LogP contribution in [0, 0.1) is 0 Å². The second-order valence-corrected chi connectivity index (χ2v) is 16.4. The summed E-state index contributed by atoms with van der Waals surface area (Å²) < 4.78 is 17.1. The molecule has 5 aromatic rings. The third-order valence-corrected chi connectivity index (χ3v) is 6.03. The van der Waals surface area contributed by atoms with Crippen molar-refractivity contribution in [3.8, 4) is 22.9 Å². The molecule has 0 fully saturated rings. The number of halogens is 5. The highest BCUT2D eigenvalue weighted by Crippen LogP contribution is 2.61. The molecule has 0 spiro atoms. The van der Waals surface area contributed by atoms with Crippen LogP contribution < -0.4 is 10.9 Å². The second kappa shape index (κ2) is 16.6. The van der Waals surface area contributed by atoms with Crippen LogP contribution in [0.15, 0.2) is 123 Å². The number of rotatable bonds is 4. The summed E-state index contributed by atoms with van der Waals surface area (Å²) in [4.78, 5) is 23.5. The standard InChI is InChI=1S/C14H11BrN2O2.C14H9BrN2O.Cl3OP/c15-12-8-6-11(7-9-12)14(19)17-16-13(18)10-4-2-1-3-5-10;15-12-8-6-11(7-9-12)14-17-16-13(18-14)10-4-2-1-3-5-10;1-5(2,3)4/h1-9H,(H,16,18)(H,17,19);1-9H;. The highest BCUT2D eigenvalue weighted by Gasteiger charge is 2.10. The lowest BCUT2D eigenvalue weighted by atomic mass is 10.2. The highest BCUT2D eigenvalue weighted by molar-refractivity contribution is 9.10. The van der Waals surface area contributed by atoms with Crippen LogP contribution in [0.5, 0.6) is 0 Å². The lowest BCUT2D eigenvalue weighted by Gasteiger charge is -2.07. The van der Waals surface area contributed by atoms with Gasteiger partial charge in [0.05, 0.1) is 0 Å². The van der Waals surface area contributed by atoms with E-state index in [1.807, 2.05) is 60.7 Å². The molecule has 0 radical (unpaired) electrons. The Balaban J connectivity index is 0.000000199. The topological polar surface area (TPSA) is 114 Å². The van der Waals surface area contributed by atoms with Crippen LogP contribution in [0.25, 0.3) is 22.9 Å². The quantitative estimate of drug-likeness (QED) is 0.139. The van der Waals surface area contributed by atoms with E-state index in [1.54, 1.807) is 48.5 Å². The van der Waals surface area contributed by atoms with E-state index in [9.17, 15) is 14.2 Å². The molecule has 2 N–H and O–H groups in total. The fraction of sp³-hybridized carbons (Fsp3) is 0. The van der Waals surface area contributed by atoms with Gasteiger partial charge in [-0.3, -0.25) is 25.0 Å². The predicted molar refractivity (Wildman–Crippen MR) is 174 cm³/mol. The molecular weight excluding hydrogens is 753 g/mol. The summed E-state index contributed by atoms with van der Waals surface area (Å²) in [5.41, 5.74) is 7.51. The summed E-state index contributed by atoms with van der Waals surface area (Å²) in [6.07, 6.45) is 0. The van der Waals surface area contributed by atoms with Crippen molar-refractivity contribution < 1.29 is 18.6 Å². The van der Waals surface area contributed by atoms with Gasteiger partial charge >= 0.3 is 5.20 Å². The van der Waals surface area contributed by atoms with Crippen LogP contribution in [0.4, 0.5) is 0 Å². The Hall–Kier alpha value is -2.98. The van der Waals surface area contributed by atoms with Gasteiger partial charge in [-0.1, -0.05) is 68.3 Å². The zero-order chi connectivity index (χ0) is 30.5. The number of nitrogens with zero attached hydrogens (tertiary/aromatic N) is 2.